The maximum Gasteiger partial charge on any atom is 0.190 e. The van der Waals surface area contributed by atoms with Crippen molar-refractivity contribution in [2.24, 2.45) is 28.6 Å². The van der Waals surface area contributed by atoms with E-state index in [0.29, 0.717) is 25.7 Å². The minimum absolute atomic E-state index is 0.0166. The number of carbonyl (C=O) groups excluding carboxylic acids is 2. The molecule has 4 aliphatic rings. The zero-order chi connectivity index (χ0) is 19.8. The van der Waals surface area contributed by atoms with E-state index in [4.69, 9.17) is 0 Å². The molecule has 0 unspecified atom stereocenters. The molecule has 6 heteroatoms. The Kier molecular flexibility index (Phi) is 4.25. The van der Waals surface area contributed by atoms with Crippen molar-refractivity contribution in [2.75, 3.05) is 6.61 Å². The number of fused-ring (bicyclic) bond motifs is 5. The van der Waals surface area contributed by atoms with Crippen molar-refractivity contribution in [3.63, 3.8) is 0 Å². The number of rotatable bonds is 2. The second-order valence-electron chi connectivity index (χ2n) is 9.70. The number of hydrogen-bond acceptors (Lipinski definition) is 6. The van der Waals surface area contributed by atoms with E-state index >= 15 is 0 Å². The number of carbonyl (C=O) groups is 2. The van der Waals surface area contributed by atoms with Crippen LogP contribution in [-0.2, 0) is 9.59 Å². The Balaban J connectivity index is 1.77. The average molecular weight is 378 g/mol. The van der Waals surface area contributed by atoms with Gasteiger partial charge < -0.3 is 20.4 Å². The molecule has 0 spiro atoms. The van der Waals surface area contributed by atoms with Crippen LogP contribution in [0.1, 0.15) is 52.4 Å². The van der Waals surface area contributed by atoms with Crippen molar-refractivity contribution in [3.05, 3.63) is 11.6 Å². The van der Waals surface area contributed by atoms with Gasteiger partial charge in [-0.1, -0.05) is 13.8 Å². The van der Waals surface area contributed by atoms with E-state index in [2.05, 4.69) is 0 Å². The molecule has 6 nitrogen and oxygen atoms in total. The molecule has 0 aromatic heterocycles. The second-order valence-corrected chi connectivity index (χ2v) is 9.70. The van der Waals surface area contributed by atoms with Crippen molar-refractivity contribution in [3.8, 4) is 0 Å². The molecule has 0 aromatic rings. The maximum absolute atomic E-state index is 12.4. The summed E-state index contributed by atoms with van der Waals surface area (Å²) in [4.78, 5) is 24.3. The molecular formula is C21H30O6. The number of Topliss-reactive ketones (excluding diaryl/α,β-unsaturated/α-hetero) is 1. The van der Waals surface area contributed by atoms with Crippen molar-refractivity contribution >= 4 is 11.6 Å². The summed E-state index contributed by atoms with van der Waals surface area (Å²) in [7, 11) is 0. The first-order valence-electron chi connectivity index (χ1n) is 10.1. The third-order valence-corrected chi connectivity index (χ3v) is 8.67. The quantitative estimate of drug-likeness (QED) is 0.564. The van der Waals surface area contributed by atoms with Gasteiger partial charge in [-0.2, -0.15) is 0 Å². The molecule has 4 rings (SSSR count). The fraction of sp³-hybridized carbons (Fsp3) is 0.810. The molecule has 0 radical (unpaired) electrons. The molecular weight excluding hydrogens is 348 g/mol. The predicted octanol–water partition coefficient (Wildman–Crippen LogP) is 0.752. The minimum atomic E-state index is -1.64. The highest BCUT2D eigenvalue weighted by molar-refractivity contribution is 5.92. The molecule has 0 aromatic carbocycles. The van der Waals surface area contributed by atoms with Crippen LogP contribution < -0.4 is 0 Å². The smallest absolute Gasteiger partial charge is 0.190 e. The lowest BCUT2D eigenvalue weighted by atomic mass is 9.45. The van der Waals surface area contributed by atoms with Gasteiger partial charge in [-0.15, -0.1) is 0 Å². The van der Waals surface area contributed by atoms with Gasteiger partial charge in [0.25, 0.3) is 0 Å². The lowest BCUT2D eigenvalue weighted by Gasteiger charge is -2.61. The average Bonchev–Trinajstić information content (AvgIpc) is 2.87. The first-order valence-corrected chi connectivity index (χ1v) is 10.1. The number of ketones is 2. The molecule has 0 bridgehead atoms. The summed E-state index contributed by atoms with van der Waals surface area (Å²) in [6.45, 7) is 3.18. The molecule has 0 saturated heterocycles. The zero-order valence-corrected chi connectivity index (χ0v) is 16.0. The third kappa shape index (κ3) is 2.33. The summed E-state index contributed by atoms with van der Waals surface area (Å²) in [6, 6.07) is 0. The van der Waals surface area contributed by atoms with E-state index in [0.717, 1.165) is 5.57 Å². The summed E-state index contributed by atoms with van der Waals surface area (Å²) in [6.07, 6.45) is 2.75. The first-order chi connectivity index (χ1) is 12.6. The highest BCUT2D eigenvalue weighted by atomic mass is 16.3. The first kappa shape index (κ1) is 19.2. The Hall–Kier alpha value is -1.08. The van der Waals surface area contributed by atoms with E-state index in [-0.39, 0.29) is 36.4 Å². The van der Waals surface area contributed by atoms with Crippen LogP contribution in [0.25, 0.3) is 0 Å². The Morgan fingerprint density at radius 2 is 1.96 bits per heavy atom. The van der Waals surface area contributed by atoms with Gasteiger partial charge in [0.2, 0.25) is 0 Å². The van der Waals surface area contributed by atoms with Crippen LogP contribution in [0.2, 0.25) is 0 Å². The fourth-order valence-corrected chi connectivity index (χ4v) is 7.33. The molecule has 0 aliphatic heterocycles. The van der Waals surface area contributed by atoms with Crippen LogP contribution in [0.15, 0.2) is 11.6 Å². The zero-order valence-electron chi connectivity index (χ0n) is 16.0. The normalized spacial score (nSPS) is 51.9. The van der Waals surface area contributed by atoms with Gasteiger partial charge in [-0.05, 0) is 66.9 Å². The Bertz CT molecular complexity index is 715. The molecule has 27 heavy (non-hydrogen) atoms. The third-order valence-electron chi connectivity index (χ3n) is 8.67. The van der Waals surface area contributed by atoms with Crippen LogP contribution in [0, 0.1) is 28.6 Å². The van der Waals surface area contributed by atoms with Gasteiger partial charge in [0, 0.05) is 11.8 Å². The molecule has 0 amide bonds. The summed E-state index contributed by atoms with van der Waals surface area (Å²) in [5.41, 5.74) is -2.17. The van der Waals surface area contributed by atoms with Gasteiger partial charge in [-0.3, -0.25) is 9.59 Å². The monoisotopic (exact) mass is 378 g/mol. The predicted molar refractivity (Wildman–Crippen MR) is 96.5 cm³/mol. The Labute approximate surface area is 159 Å². The van der Waals surface area contributed by atoms with E-state index < -0.39 is 41.0 Å². The SMILES string of the molecule is C[C@]12CCC(=O)C=C1[C@H](O)C[C@@H]1[C@H]2[C@@H](O)C[C@@]2(C)[C@H]1CC[C@]2(O)C(=O)CO. The van der Waals surface area contributed by atoms with Gasteiger partial charge >= 0.3 is 0 Å². The molecule has 4 aliphatic carbocycles. The highest BCUT2D eigenvalue weighted by Gasteiger charge is 2.68. The molecule has 4 N–H and O–H groups in total. The van der Waals surface area contributed by atoms with Crippen molar-refractivity contribution < 1.29 is 30.0 Å². The van der Waals surface area contributed by atoms with Gasteiger partial charge in [-0.25, -0.2) is 0 Å². The fourth-order valence-electron chi connectivity index (χ4n) is 7.33. The number of hydrogen-bond donors (Lipinski definition) is 4. The maximum atomic E-state index is 12.4. The Morgan fingerprint density at radius 3 is 2.63 bits per heavy atom. The number of aliphatic hydroxyl groups excluding tert-OH is 3. The van der Waals surface area contributed by atoms with E-state index in [1.807, 2.05) is 13.8 Å². The molecule has 0 heterocycles. The highest BCUT2D eigenvalue weighted by Crippen LogP contribution is 2.67. The van der Waals surface area contributed by atoms with Crippen molar-refractivity contribution in [1.82, 2.24) is 0 Å². The molecule has 3 saturated carbocycles. The van der Waals surface area contributed by atoms with Crippen LogP contribution in [-0.4, -0.2) is 56.4 Å². The van der Waals surface area contributed by atoms with Crippen LogP contribution in [0.4, 0.5) is 0 Å². The Morgan fingerprint density at radius 1 is 1.26 bits per heavy atom. The van der Waals surface area contributed by atoms with E-state index in [1.165, 1.54) is 0 Å². The van der Waals surface area contributed by atoms with Crippen LogP contribution >= 0.6 is 0 Å². The van der Waals surface area contributed by atoms with Crippen molar-refractivity contribution in [1.29, 1.82) is 0 Å². The lowest BCUT2D eigenvalue weighted by molar-refractivity contribution is -0.187. The van der Waals surface area contributed by atoms with E-state index in [1.54, 1.807) is 6.08 Å². The van der Waals surface area contributed by atoms with Crippen molar-refractivity contribution in [2.45, 2.75) is 70.2 Å². The van der Waals surface area contributed by atoms with Gasteiger partial charge in [0.15, 0.2) is 11.6 Å². The summed E-state index contributed by atoms with van der Waals surface area (Å²) in [5, 5.41) is 42.6. The van der Waals surface area contributed by atoms with Gasteiger partial charge in [0.1, 0.15) is 12.2 Å². The van der Waals surface area contributed by atoms with Crippen LogP contribution in [0.3, 0.4) is 0 Å². The summed E-state index contributed by atoms with van der Waals surface area (Å²) in [5.74, 6) is -0.713. The molecule has 150 valence electrons. The lowest BCUT2D eigenvalue weighted by Crippen LogP contribution is -2.63. The second kappa shape index (κ2) is 5.96. The summed E-state index contributed by atoms with van der Waals surface area (Å²) >= 11 is 0. The standard InChI is InChI=1S/C21H30O6/c1-19-5-3-11(23)7-14(19)15(24)8-12-13-4-6-21(27,17(26)10-22)20(13,2)9-16(25)18(12)19/h7,12-13,15-16,18,22,24-25,27H,3-6,8-10H2,1-2H3/t12-,13-,15+,16-,18-,19-,20-,21-/m0/s1. The molecule has 3 fully saturated rings. The summed E-state index contributed by atoms with van der Waals surface area (Å²) < 4.78 is 0. The number of aliphatic hydroxyl groups is 4. The van der Waals surface area contributed by atoms with Crippen LogP contribution in [0.5, 0.6) is 0 Å². The van der Waals surface area contributed by atoms with Gasteiger partial charge in [0.05, 0.1) is 12.2 Å². The largest absolute Gasteiger partial charge is 0.393 e. The topological polar surface area (TPSA) is 115 Å². The minimum Gasteiger partial charge on any atom is -0.393 e. The molecule has 8 atom stereocenters. The van der Waals surface area contributed by atoms with E-state index in [9.17, 15) is 30.0 Å².